The molecule has 1 heteroatoms. The molecule has 0 aliphatic heterocycles. The second-order valence-corrected chi connectivity index (χ2v) is 12.1. The highest BCUT2D eigenvalue weighted by Gasteiger charge is 2.19. The fourth-order valence-electron chi connectivity index (χ4n) is 7.28. The normalized spacial score (nSPS) is 11.4. The van der Waals surface area contributed by atoms with Crippen LogP contribution in [0.25, 0.3) is 65.3 Å². The molecule has 0 N–H and O–H groups in total. The number of benzene rings is 9. The zero-order valence-electron chi connectivity index (χ0n) is 25.8. The highest BCUT2D eigenvalue weighted by Crippen LogP contribution is 2.45. The van der Waals surface area contributed by atoms with Crippen molar-refractivity contribution >= 4 is 60.2 Å². The van der Waals surface area contributed by atoms with Gasteiger partial charge < -0.3 is 4.90 Å². The third-order valence-corrected chi connectivity index (χ3v) is 9.41. The van der Waals surface area contributed by atoms with E-state index >= 15 is 0 Å². The number of hydrogen-bond donors (Lipinski definition) is 0. The van der Waals surface area contributed by atoms with Gasteiger partial charge >= 0.3 is 0 Å². The average molecular weight is 598 g/mol. The number of hydrogen-bond acceptors (Lipinski definition) is 1. The number of fused-ring (bicyclic) bond motifs is 6. The van der Waals surface area contributed by atoms with Crippen LogP contribution < -0.4 is 4.90 Å². The van der Waals surface area contributed by atoms with Gasteiger partial charge in [0.15, 0.2) is 0 Å². The molecule has 0 bridgehead atoms. The average Bonchev–Trinajstić information content (AvgIpc) is 3.15. The molecule has 9 aromatic rings. The van der Waals surface area contributed by atoms with Crippen LogP contribution in [0, 0.1) is 0 Å². The lowest BCUT2D eigenvalue weighted by molar-refractivity contribution is 1.29. The molecule has 0 saturated heterocycles. The molecule has 0 amide bonds. The summed E-state index contributed by atoms with van der Waals surface area (Å²) in [6.45, 7) is 0. The smallest absolute Gasteiger partial charge is 0.0468 e. The van der Waals surface area contributed by atoms with E-state index in [1.807, 2.05) is 0 Å². The minimum atomic E-state index is 1.12. The van der Waals surface area contributed by atoms with Crippen LogP contribution in [-0.2, 0) is 0 Å². The summed E-state index contributed by atoms with van der Waals surface area (Å²) in [5, 5.41) is 10.1. The lowest BCUT2D eigenvalue weighted by Crippen LogP contribution is -2.09. The van der Waals surface area contributed by atoms with Gasteiger partial charge in [-0.25, -0.2) is 0 Å². The van der Waals surface area contributed by atoms with Gasteiger partial charge in [0.2, 0.25) is 0 Å². The van der Waals surface area contributed by atoms with Crippen molar-refractivity contribution in [2.75, 3.05) is 4.90 Å². The number of rotatable bonds is 5. The molecule has 0 fully saturated rings. The van der Waals surface area contributed by atoms with Gasteiger partial charge in [-0.3, -0.25) is 0 Å². The van der Waals surface area contributed by atoms with Crippen LogP contribution in [0.15, 0.2) is 188 Å². The molecule has 220 valence electrons. The van der Waals surface area contributed by atoms with Gasteiger partial charge in [0.25, 0.3) is 0 Å². The summed E-state index contributed by atoms with van der Waals surface area (Å²) < 4.78 is 0. The molecule has 0 spiro atoms. The van der Waals surface area contributed by atoms with Crippen LogP contribution in [0.5, 0.6) is 0 Å². The maximum Gasteiger partial charge on any atom is 0.0468 e. The van der Waals surface area contributed by atoms with E-state index in [2.05, 4.69) is 193 Å². The van der Waals surface area contributed by atoms with Crippen molar-refractivity contribution in [1.29, 1.82) is 0 Å². The first kappa shape index (κ1) is 27.2. The zero-order valence-corrected chi connectivity index (χ0v) is 25.8. The van der Waals surface area contributed by atoms with E-state index in [0.717, 1.165) is 17.1 Å². The first-order chi connectivity index (χ1) is 23.3. The maximum atomic E-state index is 2.36. The molecule has 9 aromatic carbocycles. The van der Waals surface area contributed by atoms with E-state index in [1.165, 1.54) is 65.3 Å². The monoisotopic (exact) mass is 597 g/mol. The number of anilines is 3. The SMILES string of the molecule is c1ccc(-c2c(-c3ccc(N(c4ccccc4)c4ccc5ccc6ccccc6c5c4)cc3)c3ccccc3c3ccccc23)cc1. The minimum Gasteiger partial charge on any atom is -0.310 e. The summed E-state index contributed by atoms with van der Waals surface area (Å²) in [6.07, 6.45) is 0. The Labute approximate surface area is 274 Å². The molecule has 1 nitrogen and oxygen atoms in total. The quantitative estimate of drug-likeness (QED) is 0.178. The fraction of sp³-hybridized carbons (Fsp3) is 0. The second-order valence-electron chi connectivity index (χ2n) is 12.1. The van der Waals surface area contributed by atoms with Crippen molar-refractivity contribution in [3.63, 3.8) is 0 Å². The Morgan fingerprint density at radius 3 is 1.32 bits per heavy atom. The predicted octanol–water partition coefficient (Wildman–Crippen LogP) is 13.1. The van der Waals surface area contributed by atoms with Crippen LogP contribution in [0.1, 0.15) is 0 Å². The molecule has 47 heavy (non-hydrogen) atoms. The molecule has 0 atom stereocenters. The molecule has 0 aromatic heterocycles. The third kappa shape index (κ3) is 4.64. The van der Waals surface area contributed by atoms with Gasteiger partial charge in [-0.1, -0.05) is 152 Å². The third-order valence-electron chi connectivity index (χ3n) is 9.41. The van der Waals surface area contributed by atoms with Crippen LogP contribution >= 0.6 is 0 Å². The molecule has 0 radical (unpaired) electrons. The van der Waals surface area contributed by atoms with Crippen molar-refractivity contribution < 1.29 is 0 Å². The van der Waals surface area contributed by atoms with Crippen molar-refractivity contribution in [3.05, 3.63) is 188 Å². The van der Waals surface area contributed by atoms with E-state index in [-0.39, 0.29) is 0 Å². The van der Waals surface area contributed by atoms with Gasteiger partial charge in [-0.15, -0.1) is 0 Å². The van der Waals surface area contributed by atoms with Crippen molar-refractivity contribution in [2.45, 2.75) is 0 Å². The van der Waals surface area contributed by atoms with Gasteiger partial charge in [-0.2, -0.15) is 0 Å². The van der Waals surface area contributed by atoms with Crippen LogP contribution in [0.4, 0.5) is 17.1 Å². The lowest BCUT2D eigenvalue weighted by atomic mass is 9.85. The standard InChI is InChI=1S/C46H31N/c1-3-14-34(15-4-1)45-42-21-11-9-19-40(42)41-20-10-12-22-43(41)46(45)35-26-28-37(29-27-35)47(36-16-5-2-6-17-36)38-30-25-33-24-23-32-13-7-8-18-39(32)44(33)31-38/h1-31H. The Morgan fingerprint density at radius 1 is 0.255 bits per heavy atom. The largest absolute Gasteiger partial charge is 0.310 e. The van der Waals surface area contributed by atoms with Crippen LogP contribution in [0.2, 0.25) is 0 Å². The van der Waals surface area contributed by atoms with Crippen molar-refractivity contribution in [3.8, 4) is 22.3 Å². The van der Waals surface area contributed by atoms with Gasteiger partial charge in [0.05, 0.1) is 0 Å². The summed E-state index contributed by atoms with van der Waals surface area (Å²) in [5.41, 5.74) is 8.34. The molecule has 9 rings (SSSR count). The Kier molecular flexibility index (Phi) is 6.54. The van der Waals surface area contributed by atoms with E-state index in [9.17, 15) is 0 Å². The molecule has 0 unspecified atom stereocenters. The molecular weight excluding hydrogens is 567 g/mol. The van der Waals surface area contributed by atoms with E-state index < -0.39 is 0 Å². The van der Waals surface area contributed by atoms with Crippen molar-refractivity contribution in [2.24, 2.45) is 0 Å². The van der Waals surface area contributed by atoms with Crippen molar-refractivity contribution in [1.82, 2.24) is 0 Å². The minimum absolute atomic E-state index is 1.12. The predicted molar refractivity (Wildman–Crippen MR) is 202 cm³/mol. The molecule has 0 heterocycles. The Bertz CT molecular complexity index is 2550. The molecule has 0 aliphatic carbocycles. The topological polar surface area (TPSA) is 3.24 Å². The van der Waals surface area contributed by atoms with E-state index in [1.54, 1.807) is 0 Å². The maximum absolute atomic E-state index is 2.36. The van der Waals surface area contributed by atoms with Crippen LogP contribution in [0.3, 0.4) is 0 Å². The highest BCUT2D eigenvalue weighted by atomic mass is 15.1. The van der Waals surface area contributed by atoms with Gasteiger partial charge in [0, 0.05) is 17.1 Å². The van der Waals surface area contributed by atoms with Crippen LogP contribution in [-0.4, -0.2) is 0 Å². The Morgan fingerprint density at radius 2 is 0.681 bits per heavy atom. The number of nitrogens with zero attached hydrogens (tertiary/aromatic N) is 1. The van der Waals surface area contributed by atoms with E-state index in [0.29, 0.717) is 0 Å². The summed E-state index contributed by atoms with van der Waals surface area (Å²) in [5.74, 6) is 0. The zero-order chi connectivity index (χ0) is 31.2. The highest BCUT2D eigenvalue weighted by molar-refractivity contribution is 6.21. The second kappa shape index (κ2) is 11.3. The summed E-state index contributed by atoms with van der Waals surface area (Å²) in [4.78, 5) is 2.36. The van der Waals surface area contributed by atoms with Gasteiger partial charge in [-0.05, 0) is 102 Å². The summed E-state index contributed by atoms with van der Waals surface area (Å²) >= 11 is 0. The molecule has 0 saturated carbocycles. The number of para-hydroxylation sites is 1. The Balaban J connectivity index is 1.25. The molecule has 0 aliphatic rings. The lowest BCUT2D eigenvalue weighted by Gasteiger charge is -2.26. The first-order valence-corrected chi connectivity index (χ1v) is 16.2. The Hall–Kier alpha value is -6.18. The molecular formula is C46H31N. The first-order valence-electron chi connectivity index (χ1n) is 16.2. The van der Waals surface area contributed by atoms with E-state index in [4.69, 9.17) is 0 Å². The van der Waals surface area contributed by atoms with Gasteiger partial charge in [0.1, 0.15) is 0 Å². The fourth-order valence-corrected chi connectivity index (χ4v) is 7.28. The summed E-state index contributed by atoms with van der Waals surface area (Å²) in [6, 6.07) is 68.2. The summed E-state index contributed by atoms with van der Waals surface area (Å²) in [7, 11) is 0.